The number of aromatic nitrogens is 5. The van der Waals surface area contributed by atoms with Gasteiger partial charge in [-0.15, -0.1) is 10.2 Å². The summed E-state index contributed by atoms with van der Waals surface area (Å²) in [5, 5.41) is 16.1. The number of likely N-dealkylation sites (tertiary alicyclic amines) is 1. The first-order chi connectivity index (χ1) is 15.0. The minimum atomic E-state index is -0.0454. The van der Waals surface area contributed by atoms with Crippen molar-refractivity contribution < 1.29 is 9.59 Å². The van der Waals surface area contributed by atoms with Gasteiger partial charge < -0.3 is 14.4 Å². The number of aromatic amines is 1. The average Bonchev–Trinajstić information content (AvgIpc) is 3.34. The minimum Gasteiger partial charge on any atom is -0.343 e. The molecule has 9 heteroatoms. The molecule has 0 unspecified atom stereocenters. The Morgan fingerprint density at radius 1 is 1.03 bits per heavy atom. The van der Waals surface area contributed by atoms with Gasteiger partial charge in [0.25, 0.3) is 5.91 Å². The van der Waals surface area contributed by atoms with Gasteiger partial charge in [-0.2, -0.15) is 5.10 Å². The maximum Gasteiger partial charge on any atom is 0.274 e. The SMILES string of the molecule is CC(C)CC(=O)N1CCC(c2nnc3n2CCN(C(=O)c2cc(C4CC4)[nH]n2)C3)CC1. The van der Waals surface area contributed by atoms with Gasteiger partial charge in [-0.25, -0.2) is 0 Å². The van der Waals surface area contributed by atoms with Crippen LogP contribution in [0, 0.1) is 5.92 Å². The van der Waals surface area contributed by atoms with E-state index in [1.807, 2.05) is 15.9 Å². The number of H-pyrrole nitrogens is 1. The molecule has 5 rings (SSSR count). The second-order valence-corrected chi connectivity index (χ2v) is 9.59. The number of fused-ring (bicyclic) bond motifs is 1. The van der Waals surface area contributed by atoms with Gasteiger partial charge in [0.05, 0.1) is 6.54 Å². The zero-order valence-corrected chi connectivity index (χ0v) is 18.4. The molecule has 2 aromatic rings. The van der Waals surface area contributed by atoms with Crippen molar-refractivity contribution in [3.05, 3.63) is 29.1 Å². The standard InChI is InChI=1S/C22H31N7O2/c1-14(2)11-20(30)27-7-5-16(6-8-27)21-26-25-19-13-28(9-10-29(19)21)22(31)18-12-17(23-24-18)15-3-4-15/h12,14-16H,3-11,13H2,1-2H3,(H,23,24). The largest absolute Gasteiger partial charge is 0.343 e. The molecule has 0 aromatic carbocycles. The summed E-state index contributed by atoms with van der Waals surface area (Å²) < 4.78 is 2.18. The molecule has 2 fully saturated rings. The number of piperidine rings is 1. The van der Waals surface area contributed by atoms with Gasteiger partial charge in [-0.1, -0.05) is 13.8 Å². The molecule has 166 valence electrons. The molecule has 2 amide bonds. The van der Waals surface area contributed by atoms with Gasteiger partial charge in [-0.05, 0) is 37.7 Å². The third-order valence-corrected chi connectivity index (χ3v) is 6.70. The Labute approximate surface area is 182 Å². The molecule has 1 aliphatic carbocycles. The van der Waals surface area contributed by atoms with E-state index in [1.54, 1.807) is 0 Å². The molecule has 3 aliphatic rings. The number of rotatable bonds is 5. The Morgan fingerprint density at radius 3 is 2.52 bits per heavy atom. The Bertz CT molecular complexity index is 966. The van der Waals surface area contributed by atoms with E-state index < -0.39 is 0 Å². The van der Waals surface area contributed by atoms with Crippen LogP contribution in [-0.4, -0.2) is 66.2 Å². The van der Waals surface area contributed by atoms with Gasteiger partial charge in [0.15, 0.2) is 5.82 Å². The quantitative estimate of drug-likeness (QED) is 0.792. The summed E-state index contributed by atoms with van der Waals surface area (Å²) >= 11 is 0. The Hall–Kier alpha value is -2.71. The molecule has 1 N–H and O–H groups in total. The molecule has 0 spiro atoms. The third-order valence-electron chi connectivity index (χ3n) is 6.70. The highest BCUT2D eigenvalue weighted by Gasteiger charge is 2.32. The first-order valence-electron chi connectivity index (χ1n) is 11.5. The first kappa shape index (κ1) is 20.2. The van der Waals surface area contributed by atoms with Crippen LogP contribution in [0.15, 0.2) is 6.07 Å². The van der Waals surface area contributed by atoms with Crippen LogP contribution in [0.5, 0.6) is 0 Å². The van der Waals surface area contributed by atoms with E-state index in [4.69, 9.17) is 0 Å². The van der Waals surface area contributed by atoms with E-state index in [9.17, 15) is 9.59 Å². The zero-order valence-electron chi connectivity index (χ0n) is 18.4. The van der Waals surface area contributed by atoms with Crippen molar-refractivity contribution in [2.24, 2.45) is 5.92 Å². The predicted molar refractivity (Wildman–Crippen MR) is 113 cm³/mol. The minimum absolute atomic E-state index is 0.0454. The second kappa shape index (κ2) is 8.09. The molecule has 0 atom stereocenters. The number of carbonyl (C=O) groups excluding carboxylic acids is 2. The van der Waals surface area contributed by atoms with Crippen molar-refractivity contribution in [2.45, 2.75) is 70.9 Å². The zero-order chi connectivity index (χ0) is 21.5. The summed E-state index contributed by atoms with van der Waals surface area (Å²) in [5.41, 5.74) is 1.57. The van der Waals surface area contributed by atoms with Crippen molar-refractivity contribution in [1.82, 2.24) is 34.8 Å². The number of carbonyl (C=O) groups is 2. The fourth-order valence-corrected chi connectivity index (χ4v) is 4.73. The third kappa shape index (κ3) is 4.09. The molecule has 1 saturated carbocycles. The molecule has 0 bridgehead atoms. The summed E-state index contributed by atoms with van der Waals surface area (Å²) in [4.78, 5) is 29.0. The lowest BCUT2D eigenvalue weighted by Crippen LogP contribution is -2.40. The molecule has 31 heavy (non-hydrogen) atoms. The Kier molecular flexibility index (Phi) is 5.27. The molecular weight excluding hydrogens is 394 g/mol. The smallest absolute Gasteiger partial charge is 0.274 e. The molecule has 2 aromatic heterocycles. The molecule has 0 radical (unpaired) electrons. The lowest BCUT2D eigenvalue weighted by molar-refractivity contribution is -0.133. The summed E-state index contributed by atoms with van der Waals surface area (Å²) in [5.74, 6) is 3.32. The maximum atomic E-state index is 12.9. The van der Waals surface area contributed by atoms with E-state index in [2.05, 4.69) is 38.8 Å². The van der Waals surface area contributed by atoms with E-state index in [0.29, 0.717) is 49.5 Å². The van der Waals surface area contributed by atoms with E-state index in [1.165, 1.54) is 12.8 Å². The van der Waals surface area contributed by atoms with Crippen molar-refractivity contribution in [2.75, 3.05) is 19.6 Å². The van der Waals surface area contributed by atoms with Crippen LogP contribution >= 0.6 is 0 Å². The lowest BCUT2D eigenvalue weighted by atomic mass is 9.95. The normalized spacial score (nSPS) is 19.7. The van der Waals surface area contributed by atoms with E-state index in [-0.39, 0.29) is 11.8 Å². The highest BCUT2D eigenvalue weighted by molar-refractivity contribution is 5.92. The highest BCUT2D eigenvalue weighted by atomic mass is 16.2. The van der Waals surface area contributed by atoms with Crippen LogP contribution in [0.25, 0.3) is 0 Å². The summed E-state index contributed by atoms with van der Waals surface area (Å²) in [6, 6.07) is 1.90. The predicted octanol–water partition coefficient (Wildman–Crippen LogP) is 2.29. The van der Waals surface area contributed by atoms with Crippen molar-refractivity contribution in [1.29, 1.82) is 0 Å². The summed E-state index contributed by atoms with van der Waals surface area (Å²) in [7, 11) is 0. The summed E-state index contributed by atoms with van der Waals surface area (Å²) in [6.07, 6.45) is 4.81. The van der Waals surface area contributed by atoms with Crippen molar-refractivity contribution in [3.63, 3.8) is 0 Å². The monoisotopic (exact) mass is 425 g/mol. The van der Waals surface area contributed by atoms with Gasteiger partial charge in [0, 0.05) is 50.1 Å². The van der Waals surface area contributed by atoms with Crippen molar-refractivity contribution >= 4 is 11.8 Å². The number of amides is 2. The fourth-order valence-electron chi connectivity index (χ4n) is 4.73. The Morgan fingerprint density at radius 2 is 1.81 bits per heavy atom. The molecule has 1 saturated heterocycles. The van der Waals surface area contributed by atoms with Crippen LogP contribution < -0.4 is 0 Å². The van der Waals surface area contributed by atoms with Crippen LogP contribution in [0.2, 0.25) is 0 Å². The van der Waals surface area contributed by atoms with Gasteiger partial charge in [0.1, 0.15) is 11.5 Å². The van der Waals surface area contributed by atoms with Gasteiger partial charge in [-0.3, -0.25) is 14.7 Å². The Balaban J connectivity index is 1.21. The molecule has 2 aliphatic heterocycles. The molecule has 9 nitrogen and oxygen atoms in total. The van der Waals surface area contributed by atoms with Crippen LogP contribution in [0.4, 0.5) is 0 Å². The maximum absolute atomic E-state index is 12.9. The van der Waals surface area contributed by atoms with Crippen LogP contribution in [0.1, 0.15) is 85.6 Å². The van der Waals surface area contributed by atoms with E-state index >= 15 is 0 Å². The molecule has 4 heterocycles. The topological polar surface area (TPSA) is 100 Å². The fraction of sp³-hybridized carbons (Fsp3) is 0.682. The lowest BCUT2D eigenvalue weighted by Gasteiger charge is -2.33. The van der Waals surface area contributed by atoms with Gasteiger partial charge >= 0.3 is 0 Å². The number of hydrogen-bond donors (Lipinski definition) is 1. The van der Waals surface area contributed by atoms with Gasteiger partial charge in [0.2, 0.25) is 5.91 Å². The number of hydrogen-bond acceptors (Lipinski definition) is 5. The summed E-state index contributed by atoms with van der Waals surface area (Å²) in [6.45, 7) is 7.53. The first-order valence-corrected chi connectivity index (χ1v) is 11.5. The number of nitrogens with zero attached hydrogens (tertiary/aromatic N) is 6. The van der Waals surface area contributed by atoms with Crippen LogP contribution in [0.3, 0.4) is 0 Å². The highest BCUT2D eigenvalue weighted by Crippen LogP contribution is 2.39. The second-order valence-electron chi connectivity index (χ2n) is 9.59. The van der Waals surface area contributed by atoms with Crippen LogP contribution in [-0.2, 0) is 17.9 Å². The van der Waals surface area contributed by atoms with Crippen molar-refractivity contribution in [3.8, 4) is 0 Å². The average molecular weight is 426 g/mol. The number of nitrogens with one attached hydrogen (secondary N) is 1. The van der Waals surface area contributed by atoms with E-state index in [0.717, 1.165) is 43.3 Å². The molecular formula is C22H31N7O2.